The van der Waals surface area contributed by atoms with Crippen molar-refractivity contribution in [3.8, 4) is 5.75 Å². The zero-order valence-electron chi connectivity index (χ0n) is 14.5. The van der Waals surface area contributed by atoms with Gasteiger partial charge in [-0.15, -0.1) is 0 Å². The second-order valence-corrected chi connectivity index (χ2v) is 5.95. The molecular formula is C18H21N3O5. The number of nitrogens with zero attached hydrogens (tertiary/aromatic N) is 2. The van der Waals surface area contributed by atoms with E-state index >= 15 is 0 Å². The number of carbonyl (C=O) groups excluding carboxylic acids is 2. The maximum absolute atomic E-state index is 13.0. The summed E-state index contributed by atoms with van der Waals surface area (Å²) in [6, 6.07) is 8.48. The molecule has 1 aliphatic heterocycles. The van der Waals surface area contributed by atoms with Crippen molar-refractivity contribution in [1.29, 1.82) is 0 Å². The third-order valence-electron chi connectivity index (χ3n) is 4.11. The minimum Gasteiger partial charge on any atom is -0.496 e. The van der Waals surface area contributed by atoms with Gasteiger partial charge in [0.05, 0.1) is 18.8 Å². The van der Waals surface area contributed by atoms with Gasteiger partial charge in [0.15, 0.2) is 5.82 Å². The highest BCUT2D eigenvalue weighted by Crippen LogP contribution is 2.21. The van der Waals surface area contributed by atoms with Crippen molar-refractivity contribution in [2.24, 2.45) is 0 Å². The van der Waals surface area contributed by atoms with Gasteiger partial charge in [0.25, 0.3) is 5.91 Å². The molecule has 2 aromatic rings. The van der Waals surface area contributed by atoms with Crippen LogP contribution >= 0.6 is 0 Å². The van der Waals surface area contributed by atoms with Crippen molar-refractivity contribution in [2.75, 3.05) is 32.1 Å². The fourth-order valence-electron chi connectivity index (χ4n) is 2.88. The fraction of sp³-hybridized carbons (Fsp3) is 0.389. The molecule has 0 saturated carbocycles. The smallest absolute Gasteiger partial charge is 0.258 e. The molecule has 0 aliphatic carbocycles. The molecule has 1 aliphatic rings. The Morgan fingerprint density at radius 1 is 1.35 bits per heavy atom. The Morgan fingerprint density at radius 3 is 2.88 bits per heavy atom. The molecule has 0 radical (unpaired) electrons. The van der Waals surface area contributed by atoms with Gasteiger partial charge in [-0.1, -0.05) is 17.3 Å². The number of hydrogen-bond acceptors (Lipinski definition) is 6. The summed E-state index contributed by atoms with van der Waals surface area (Å²) in [5.74, 6) is 0.122. The number of amides is 2. The number of benzene rings is 1. The van der Waals surface area contributed by atoms with Crippen LogP contribution in [0.3, 0.4) is 0 Å². The number of rotatable bonds is 7. The van der Waals surface area contributed by atoms with Gasteiger partial charge in [-0.2, -0.15) is 0 Å². The van der Waals surface area contributed by atoms with Gasteiger partial charge in [0.2, 0.25) is 5.91 Å². The molecule has 0 bridgehead atoms. The van der Waals surface area contributed by atoms with Gasteiger partial charge >= 0.3 is 0 Å². The normalized spacial score (nSPS) is 16.3. The van der Waals surface area contributed by atoms with E-state index in [1.54, 1.807) is 24.3 Å². The number of para-hydroxylation sites is 1. The maximum atomic E-state index is 13.0. The zero-order chi connectivity index (χ0) is 18.4. The van der Waals surface area contributed by atoms with Crippen LogP contribution in [-0.4, -0.2) is 54.8 Å². The van der Waals surface area contributed by atoms with Crippen LogP contribution in [0.5, 0.6) is 5.75 Å². The Labute approximate surface area is 151 Å². The Balaban J connectivity index is 1.75. The maximum Gasteiger partial charge on any atom is 0.258 e. The first-order valence-corrected chi connectivity index (χ1v) is 8.41. The predicted octanol–water partition coefficient (Wildman–Crippen LogP) is 1.94. The molecule has 1 aromatic carbocycles. The van der Waals surface area contributed by atoms with Gasteiger partial charge in [-0.3, -0.25) is 9.59 Å². The third kappa shape index (κ3) is 4.40. The van der Waals surface area contributed by atoms with Crippen LogP contribution in [-0.2, 0) is 9.53 Å². The summed E-state index contributed by atoms with van der Waals surface area (Å²) in [6.45, 7) is 0.888. The minimum absolute atomic E-state index is 0.0755. The van der Waals surface area contributed by atoms with Gasteiger partial charge < -0.3 is 24.2 Å². The Kier molecular flexibility index (Phi) is 5.85. The second-order valence-electron chi connectivity index (χ2n) is 5.95. The molecule has 26 heavy (non-hydrogen) atoms. The van der Waals surface area contributed by atoms with Crippen LogP contribution in [0.25, 0.3) is 0 Å². The summed E-state index contributed by atoms with van der Waals surface area (Å²) in [5, 5.41) is 6.24. The van der Waals surface area contributed by atoms with E-state index in [1.165, 1.54) is 24.3 Å². The lowest BCUT2D eigenvalue weighted by molar-refractivity contribution is -0.117. The molecule has 1 aromatic heterocycles. The van der Waals surface area contributed by atoms with Crippen molar-refractivity contribution < 1.29 is 23.6 Å². The molecule has 1 N–H and O–H groups in total. The summed E-state index contributed by atoms with van der Waals surface area (Å²) >= 11 is 0. The van der Waals surface area contributed by atoms with Crippen LogP contribution in [0, 0.1) is 0 Å². The highest BCUT2D eigenvalue weighted by atomic mass is 16.5. The van der Waals surface area contributed by atoms with Gasteiger partial charge in [0, 0.05) is 19.2 Å². The zero-order valence-corrected chi connectivity index (χ0v) is 14.5. The molecule has 2 amide bonds. The van der Waals surface area contributed by atoms with Gasteiger partial charge in [-0.25, -0.2) is 0 Å². The standard InChI is InChI=1S/C18H21N3O5/c1-24-15-7-3-2-6-14(15)18(23)21(11-13-5-4-9-25-13)12-17(22)19-16-8-10-26-20-16/h2-3,6-8,10,13H,4-5,9,11-12H2,1H3,(H,19,20,22). The highest BCUT2D eigenvalue weighted by molar-refractivity contribution is 6.00. The Bertz CT molecular complexity index is 741. The number of nitrogens with one attached hydrogen (secondary N) is 1. The number of anilines is 1. The predicted molar refractivity (Wildman–Crippen MR) is 93.0 cm³/mol. The van der Waals surface area contributed by atoms with Crippen molar-refractivity contribution in [1.82, 2.24) is 10.1 Å². The molecular weight excluding hydrogens is 338 g/mol. The van der Waals surface area contributed by atoms with Crippen LogP contribution in [0.4, 0.5) is 5.82 Å². The summed E-state index contributed by atoms with van der Waals surface area (Å²) in [5.41, 5.74) is 0.405. The molecule has 2 heterocycles. The molecule has 1 saturated heterocycles. The highest BCUT2D eigenvalue weighted by Gasteiger charge is 2.27. The largest absolute Gasteiger partial charge is 0.496 e. The fourth-order valence-corrected chi connectivity index (χ4v) is 2.88. The van der Waals surface area contributed by atoms with Crippen LogP contribution in [0.2, 0.25) is 0 Å². The minimum atomic E-state index is -0.361. The number of hydrogen-bond donors (Lipinski definition) is 1. The quantitative estimate of drug-likeness (QED) is 0.812. The average Bonchev–Trinajstić information content (AvgIpc) is 3.34. The lowest BCUT2D eigenvalue weighted by Crippen LogP contribution is -2.42. The summed E-state index contributed by atoms with van der Waals surface area (Å²) < 4.78 is 15.6. The number of ether oxygens (including phenoxy) is 2. The van der Waals surface area contributed by atoms with Crippen molar-refractivity contribution in [3.63, 3.8) is 0 Å². The molecule has 1 atom stereocenters. The number of methoxy groups -OCH3 is 1. The molecule has 3 rings (SSSR count). The molecule has 0 spiro atoms. The first kappa shape index (κ1) is 17.9. The molecule has 1 fully saturated rings. The molecule has 8 heteroatoms. The monoisotopic (exact) mass is 359 g/mol. The SMILES string of the molecule is COc1ccccc1C(=O)N(CC(=O)Nc1ccon1)CC1CCCO1. The Morgan fingerprint density at radius 2 is 2.19 bits per heavy atom. The summed E-state index contributed by atoms with van der Waals surface area (Å²) in [6.07, 6.45) is 3.10. The van der Waals surface area contributed by atoms with Crippen LogP contribution in [0.15, 0.2) is 41.1 Å². The van der Waals surface area contributed by atoms with Gasteiger partial charge in [0.1, 0.15) is 18.6 Å². The number of aromatic nitrogens is 1. The summed E-state index contributed by atoms with van der Waals surface area (Å²) in [4.78, 5) is 26.8. The lowest BCUT2D eigenvalue weighted by atomic mass is 10.1. The molecule has 1 unspecified atom stereocenters. The van der Waals surface area contributed by atoms with Crippen molar-refractivity contribution >= 4 is 17.6 Å². The van der Waals surface area contributed by atoms with Gasteiger partial charge in [-0.05, 0) is 25.0 Å². The van der Waals surface area contributed by atoms with E-state index in [1.807, 2.05) is 0 Å². The topological polar surface area (TPSA) is 93.9 Å². The van der Waals surface area contributed by atoms with Crippen molar-refractivity contribution in [3.05, 3.63) is 42.2 Å². The summed E-state index contributed by atoms with van der Waals surface area (Å²) in [7, 11) is 1.51. The van der Waals surface area contributed by atoms with Crippen LogP contribution < -0.4 is 10.1 Å². The van der Waals surface area contributed by atoms with Crippen molar-refractivity contribution in [2.45, 2.75) is 18.9 Å². The molecule has 138 valence electrons. The van der Waals surface area contributed by atoms with E-state index in [-0.39, 0.29) is 24.5 Å². The van der Waals surface area contributed by atoms with E-state index < -0.39 is 0 Å². The first-order valence-electron chi connectivity index (χ1n) is 8.41. The van der Waals surface area contributed by atoms with E-state index in [4.69, 9.17) is 14.0 Å². The van der Waals surface area contributed by atoms with E-state index in [2.05, 4.69) is 10.5 Å². The second kappa shape index (κ2) is 8.48. The third-order valence-corrected chi connectivity index (χ3v) is 4.11. The van der Waals surface area contributed by atoms with E-state index in [0.29, 0.717) is 30.3 Å². The number of carbonyl (C=O) groups is 2. The Hall–Kier alpha value is -2.87. The van der Waals surface area contributed by atoms with E-state index in [9.17, 15) is 9.59 Å². The van der Waals surface area contributed by atoms with Crippen LogP contribution in [0.1, 0.15) is 23.2 Å². The first-order chi connectivity index (χ1) is 12.7. The lowest BCUT2D eigenvalue weighted by Gasteiger charge is -2.25. The van der Waals surface area contributed by atoms with E-state index in [0.717, 1.165) is 12.8 Å². The average molecular weight is 359 g/mol. The molecule has 8 nitrogen and oxygen atoms in total.